The third-order valence-corrected chi connectivity index (χ3v) is 2.78. The van der Waals surface area contributed by atoms with Gasteiger partial charge in [-0.3, -0.25) is 24.9 Å². The predicted octanol–water partition coefficient (Wildman–Crippen LogP) is 1.07. The van der Waals surface area contributed by atoms with Crippen LogP contribution in [0.15, 0.2) is 39.9 Å². The molecular formula is C12H7N5O5. The highest BCUT2D eigenvalue weighted by Gasteiger charge is 2.20. The van der Waals surface area contributed by atoms with Crippen LogP contribution in [0.5, 0.6) is 0 Å². The molecule has 0 atom stereocenters. The van der Waals surface area contributed by atoms with Gasteiger partial charge in [0.25, 0.3) is 11.6 Å². The second kappa shape index (κ2) is 5.09. The molecular weight excluding hydrogens is 294 g/mol. The number of nitro groups is 1. The van der Waals surface area contributed by atoms with Crippen LogP contribution in [0, 0.1) is 10.1 Å². The Kier molecular flexibility index (Phi) is 3.10. The lowest BCUT2D eigenvalue weighted by Gasteiger charge is -2.05. The molecule has 0 saturated carbocycles. The van der Waals surface area contributed by atoms with Crippen LogP contribution in [0.25, 0.3) is 11.1 Å². The van der Waals surface area contributed by atoms with Crippen LogP contribution in [0.1, 0.15) is 10.5 Å². The van der Waals surface area contributed by atoms with Crippen molar-refractivity contribution in [2.24, 2.45) is 0 Å². The first-order chi connectivity index (χ1) is 10.5. The smallest absolute Gasteiger partial charge is 0.408 e. The highest BCUT2D eigenvalue weighted by molar-refractivity contribution is 6.05. The van der Waals surface area contributed by atoms with Gasteiger partial charge in [-0.2, -0.15) is 0 Å². The van der Waals surface area contributed by atoms with Gasteiger partial charge in [0.1, 0.15) is 11.4 Å². The molecule has 0 bridgehead atoms. The number of nitrogens with one attached hydrogen (secondary N) is 2. The van der Waals surface area contributed by atoms with Gasteiger partial charge in [-0.15, -0.1) is 0 Å². The summed E-state index contributed by atoms with van der Waals surface area (Å²) in [6, 6.07) is 2.30. The minimum atomic E-state index is -0.748. The summed E-state index contributed by atoms with van der Waals surface area (Å²) in [6.07, 6.45) is 3.92. The SMILES string of the molecule is O=C(Nc1cc2oc(=O)[nH]c2cc1[N+](=O)[O-])c1cnccn1. The number of hydrogen-bond acceptors (Lipinski definition) is 7. The Balaban J connectivity index is 2.05. The van der Waals surface area contributed by atoms with Crippen LogP contribution >= 0.6 is 0 Å². The summed E-state index contributed by atoms with van der Waals surface area (Å²) in [6.45, 7) is 0. The number of fused-ring (bicyclic) bond motifs is 1. The van der Waals surface area contributed by atoms with Crippen molar-refractivity contribution in [1.29, 1.82) is 0 Å². The quantitative estimate of drug-likeness (QED) is 0.543. The molecule has 0 saturated heterocycles. The lowest BCUT2D eigenvalue weighted by molar-refractivity contribution is -0.383. The van der Waals surface area contributed by atoms with Crippen LogP contribution in [0.2, 0.25) is 0 Å². The van der Waals surface area contributed by atoms with Gasteiger partial charge >= 0.3 is 5.76 Å². The second-order valence-electron chi connectivity index (χ2n) is 4.18. The molecule has 2 aromatic heterocycles. The van der Waals surface area contributed by atoms with Crippen LogP contribution in [0.4, 0.5) is 11.4 Å². The third-order valence-electron chi connectivity index (χ3n) is 2.78. The fourth-order valence-corrected chi connectivity index (χ4v) is 1.84. The molecule has 0 aliphatic carbocycles. The zero-order valence-corrected chi connectivity index (χ0v) is 10.8. The minimum Gasteiger partial charge on any atom is -0.408 e. The molecule has 2 heterocycles. The fraction of sp³-hybridized carbons (Fsp3) is 0. The summed E-state index contributed by atoms with van der Waals surface area (Å²) in [4.78, 5) is 43.4. The summed E-state index contributed by atoms with van der Waals surface area (Å²) < 4.78 is 4.82. The van der Waals surface area contributed by atoms with Crippen molar-refractivity contribution in [3.63, 3.8) is 0 Å². The summed E-state index contributed by atoms with van der Waals surface area (Å²) in [7, 11) is 0. The number of amides is 1. The summed E-state index contributed by atoms with van der Waals surface area (Å²) in [5.74, 6) is -1.42. The average Bonchev–Trinajstić information content (AvgIpc) is 2.86. The summed E-state index contributed by atoms with van der Waals surface area (Å²) in [5.41, 5.74) is -0.260. The third kappa shape index (κ3) is 2.40. The Morgan fingerprint density at radius 2 is 2.18 bits per heavy atom. The summed E-state index contributed by atoms with van der Waals surface area (Å²) in [5, 5.41) is 13.4. The molecule has 10 nitrogen and oxygen atoms in total. The van der Waals surface area contributed by atoms with Gasteiger partial charge in [-0.05, 0) is 0 Å². The van der Waals surface area contributed by atoms with Gasteiger partial charge in [-0.25, -0.2) is 9.78 Å². The van der Waals surface area contributed by atoms with Crippen molar-refractivity contribution in [2.45, 2.75) is 0 Å². The number of benzene rings is 1. The van der Waals surface area contributed by atoms with Crippen LogP contribution < -0.4 is 11.1 Å². The number of H-pyrrole nitrogens is 1. The zero-order valence-electron chi connectivity index (χ0n) is 10.8. The maximum Gasteiger partial charge on any atom is 0.417 e. The number of hydrogen-bond donors (Lipinski definition) is 2. The van der Waals surface area contributed by atoms with Gasteiger partial charge in [0.15, 0.2) is 5.58 Å². The Morgan fingerprint density at radius 3 is 2.86 bits per heavy atom. The molecule has 22 heavy (non-hydrogen) atoms. The molecule has 10 heteroatoms. The topological polar surface area (TPSA) is 144 Å². The maximum atomic E-state index is 12.0. The molecule has 0 aliphatic heterocycles. The lowest BCUT2D eigenvalue weighted by Crippen LogP contribution is -2.14. The first-order valence-corrected chi connectivity index (χ1v) is 5.93. The maximum absolute atomic E-state index is 12.0. The summed E-state index contributed by atoms with van der Waals surface area (Å²) >= 11 is 0. The number of anilines is 1. The number of rotatable bonds is 3. The van der Waals surface area contributed by atoms with Gasteiger partial charge in [0.05, 0.1) is 16.6 Å². The van der Waals surface area contributed by atoms with Gasteiger partial charge in [0.2, 0.25) is 0 Å². The Morgan fingerprint density at radius 1 is 1.36 bits per heavy atom. The normalized spacial score (nSPS) is 10.5. The van der Waals surface area contributed by atoms with Crippen molar-refractivity contribution < 1.29 is 14.1 Å². The van der Waals surface area contributed by atoms with Gasteiger partial charge in [0, 0.05) is 24.5 Å². The average molecular weight is 301 g/mol. The number of carbonyl (C=O) groups excluding carboxylic acids is 1. The standard InChI is InChI=1S/C12H7N5O5/c18-11(8-5-13-1-2-14-8)15-6-4-10-7(16-12(19)22-10)3-9(6)17(20)21/h1-5H,(H,15,18)(H,16,19). The first-order valence-electron chi connectivity index (χ1n) is 5.93. The number of carbonyl (C=O) groups is 1. The molecule has 1 aromatic carbocycles. The Labute approximate surface area is 121 Å². The number of aromatic amines is 1. The highest BCUT2D eigenvalue weighted by Crippen LogP contribution is 2.29. The van der Waals surface area contributed by atoms with Crippen molar-refractivity contribution in [3.05, 3.63) is 57.1 Å². The van der Waals surface area contributed by atoms with Gasteiger partial charge in [-0.1, -0.05) is 0 Å². The van der Waals surface area contributed by atoms with E-state index in [9.17, 15) is 19.7 Å². The monoisotopic (exact) mass is 301 g/mol. The molecule has 0 spiro atoms. The van der Waals surface area contributed by atoms with Crippen molar-refractivity contribution in [2.75, 3.05) is 5.32 Å². The molecule has 110 valence electrons. The van der Waals surface area contributed by atoms with E-state index in [1.54, 1.807) is 0 Å². The number of nitrogens with zero attached hydrogens (tertiary/aromatic N) is 3. The van der Waals surface area contributed by atoms with E-state index in [4.69, 9.17) is 4.42 Å². The van der Waals surface area contributed by atoms with E-state index >= 15 is 0 Å². The number of oxazole rings is 1. The van der Waals surface area contributed by atoms with E-state index in [-0.39, 0.29) is 28.2 Å². The van der Waals surface area contributed by atoms with E-state index in [0.717, 1.165) is 6.07 Å². The molecule has 0 unspecified atom stereocenters. The Bertz CT molecular complexity index is 930. The second-order valence-corrected chi connectivity index (χ2v) is 4.18. The highest BCUT2D eigenvalue weighted by atomic mass is 16.6. The molecule has 3 aromatic rings. The van der Waals surface area contributed by atoms with Crippen LogP contribution in [-0.4, -0.2) is 25.8 Å². The lowest BCUT2D eigenvalue weighted by atomic mass is 10.2. The fourth-order valence-electron chi connectivity index (χ4n) is 1.84. The zero-order chi connectivity index (χ0) is 15.7. The van der Waals surface area contributed by atoms with E-state index in [0.29, 0.717) is 0 Å². The van der Waals surface area contributed by atoms with E-state index in [1.165, 1.54) is 24.7 Å². The first kappa shape index (κ1) is 13.4. The van der Waals surface area contributed by atoms with E-state index < -0.39 is 16.6 Å². The number of nitro benzene ring substituents is 1. The largest absolute Gasteiger partial charge is 0.417 e. The van der Waals surface area contributed by atoms with E-state index in [1.807, 2.05) is 0 Å². The molecule has 1 amide bonds. The van der Waals surface area contributed by atoms with Crippen LogP contribution in [-0.2, 0) is 0 Å². The number of aromatic nitrogens is 3. The van der Waals surface area contributed by atoms with Crippen molar-refractivity contribution in [3.8, 4) is 0 Å². The molecule has 3 rings (SSSR count). The Hall–Kier alpha value is -3.56. The molecule has 2 N–H and O–H groups in total. The predicted molar refractivity (Wildman–Crippen MR) is 73.5 cm³/mol. The van der Waals surface area contributed by atoms with E-state index in [2.05, 4.69) is 20.3 Å². The molecule has 0 radical (unpaired) electrons. The van der Waals surface area contributed by atoms with Crippen molar-refractivity contribution in [1.82, 2.24) is 15.0 Å². The van der Waals surface area contributed by atoms with Crippen molar-refractivity contribution >= 4 is 28.4 Å². The van der Waals surface area contributed by atoms with Crippen LogP contribution in [0.3, 0.4) is 0 Å². The molecule has 0 fully saturated rings. The molecule has 0 aliphatic rings. The minimum absolute atomic E-state index is 0.00702. The van der Waals surface area contributed by atoms with Gasteiger partial charge < -0.3 is 9.73 Å².